The lowest BCUT2D eigenvalue weighted by molar-refractivity contribution is -0.274. The van der Waals surface area contributed by atoms with Gasteiger partial charge in [-0.1, -0.05) is 24.3 Å². The summed E-state index contributed by atoms with van der Waals surface area (Å²) in [7, 11) is 0. The van der Waals surface area contributed by atoms with Crippen LogP contribution in [-0.2, 0) is 17.9 Å². The summed E-state index contributed by atoms with van der Waals surface area (Å²) in [6.45, 7) is -0.366. The van der Waals surface area contributed by atoms with E-state index in [9.17, 15) is 22.8 Å². The quantitative estimate of drug-likeness (QED) is 0.915. The van der Waals surface area contributed by atoms with E-state index in [4.69, 9.17) is 0 Å². The minimum absolute atomic E-state index is 0.146. The van der Waals surface area contributed by atoms with Crippen molar-refractivity contribution in [3.05, 3.63) is 64.6 Å². The lowest BCUT2D eigenvalue weighted by Gasteiger charge is -2.13. The van der Waals surface area contributed by atoms with E-state index in [1.54, 1.807) is 12.1 Å². The van der Waals surface area contributed by atoms with Gasteiger partial charge in [0, 0.05) is 24.4 Å². The van der Waals surface area contributed by atoms with Crippen LogP contribution in [0.5, 0.6) is 5.75 Å². The second-order valence-corrected chi connectivity index (χ2v) is 4.60. The highest BCUT2D eigenvalue weighted by Crippen LogP contribution is 2.25. The largest absolute Gasteiger partial charge is 0.573 e. The van der Waals surface area contributed by atoms with Crippen LogP contribution in [-0.4, -0.2) is 16.8 Å². The van der Waals surface area contributed by atoms with Gasteiger partial charge in [-0.05, 0) is 12.1 Å². The molecule has 0 unspecified atom stereocenters. The number of nitrogens with one attached hydrogen (secondary N) is 1. The molecule has 1 N–H and O–H groups in total. The summed E-state index contributed by atoms with van der Waals surface area (Å²) in [6, 6.07) is 9.96. The van der Waals surface area contributed by atoms with E-state index in [-0.39, 0.29) is 30.0 Å². The molecule has 0 radical (unpaired) electrons. The molecule has 0 saturated heterocycles. The van der Waals surface area contributed by atoms with Gasteiger partial charge in [-0.15, -0.1) is 13.2 Å². The predicted octanol–water partition coefficient (Wildman–Crippen LogP) is 2.06. The third kappa shape index (κ3) is 5.17. The van der Waals surface area contributed by atoms with Crippen molar-refractivity contribution in [2.24, 2.45) is 0 Å². The van der Waals surface area contributed by atoms with E-state index in [1.807, 2.05) is 0 Å². The molecule has 2 aromatic rings. The standard InChI is InChI=1S/C15H13F3N2O3/c16-15(17,18)23-12-6-2-1-5-11(12)9-19-13(21)10-20-8-4-3-7-14(20)22/h1-8H,9-10H2,(H,19,21). The maximum Gasteiger partial charge on any atom is 0.573 e. The first-order valence-corrected chi connectivity index (χ1v) is 6.61. The number of pyridine rings is 1. The summed E-state index contributed by atoms with van der Waals surface area (Å²) in [5, 5.41) is 2.45. The molecule has 0 aliphatic heterocycles. The van der Waals surface area contributed by atoms with Gasteiger partial charge in [0.1, 0.15) is 12.3 Å². The molecule has 1 aromatic carbocycles. The van der Waals surface area contributed by atoms with Crippen molar-refractivity contribution in [3.8, 4) is 5.75 Å². The Balaban J connectivity index is 2.00. The highest BCUT2D eigenvalue weighted by atomic mass is 19.4. The van der Waals surface area contributed by atoms with E-state index in [2.05, 4.69) is 10.1 Å². The SMILES string of the molecule is O=C(Cn1ccccc1=O)NCc1ccccc1OC(F)(F)F. The van der Waals surface area contributed by atoms with Gasteiger partial charge in [0.2, 0.25) is 5.91 Å². The van der Waals surface area contributed by atoms with E-state index in [0.717, 1.165) is 6.07 Å². The molecule has 1 amide bonds. The lowest BCUT2D eigenvalue weighted by atomic mass is 10.2. The zero-order valence-corrected chi connectivity index (χ0v) is 11.8. The van der Waals surface area contributed by atoms with Crippen LogP contribution < -0.4 is 15.6 Å². The van der Waals surface area contributed by atoms with Gasteiger partial charge in [-0.25, -0.2) is 0 Å². The highest BCUT2D eigenvalue weighted by Gasteiger charge is 2.31. The van der Waals surface area contributed by atoms with Crippen molar-refractivity contribution in [2.45, 2.75) is 19.5 Å². The number of nitrogens with zero attached hydrogens (tertiary/aromatic N) is 1. The number of aromatic nitrogens is 1. The minimum Gasteiger partial charge on any atom is -0.405 e. The summed E-state index contributed by atoms with van der Waals surface area (Å²) in [5.41, 5.74) is -0.165. The van der Waals surface area contributed by atoms with E-state index >= 15 is 0 Å². The number of hydrogen-bond acceptors (Lipinski definition) is 3. The van der Waals surface area contributed by atoms with Crippen molar-refractivity contribution in [1.29, 1.82) is 0 Å². The number of alkyl halides is 3. The van der Waals surface area contributed by atoms with Crippen LogP contribution in [0.25, 0.3) is 0 Å². The van der Waals surface area contributed by atoms with Crippen molar-refractivity contribution < 1.29 is 22.7 Å². The number of benzene rings is 1. The van der Waals surface area contributed by atoms with E-state index in [1.165, 1.54) is 35.0 Å². The Bertz CT molecular complexity index is 741. The topological polar surface area (TPSA) is 60.3 Å². The van der Waals surface area contributed by atoms with Crippen LogP contribution in [0.15, 0.2) is 53.5 Å². The maximum atomic E-state index is 12.3. The van der Waals surface area contributed by atoms with E-state index < -0.39 is 12.3 Å². The fourth-order valence-electron chi connectivity index (χ4n) is 1.87. The molecule has 0 bridgehead atoms. The average Bonchev–Trinajstić information content (AvgIpc) is 2.47. The summed E-state index contributed by atoms with van der Waals surface area (Å²) < 4.78 is 42.0. The van der Waals surface area contributed by atoms with Gasteiger partial charge in [0.05, 0.1) is 0 Å². The fraction of sp³-hybridized carbons (Fsp3) is 0.200. The number of halogens is 3. The van der Waals surface area contributed by atoms with Gasteiger partial charge >= 0.3 is 6.36 Å². The molecule has 0 aliphatic rings. The van der Waals surface area contributed by atoms with Gasteiger partial charge in [-0.3, -0.25) is 9.59 Å². The van der Waals surface area contributed by atoms with Crippen molar-refractivity contribution in [2.75, 3.05) is 0 Å². The second kappa shape index (κ2) is 6.99. The Morgan fingerprint density at radius 1 is 1.13 bits per heavy atom. The Hall–Kier alpha value is -2.77. The van der Waals surface area contributed by atoms with Crippen molar-refractivity contribution in [1.82, 2.24) is 9.88 Å². The molecular formula is C15H13F3N2O3. The zero-order valence-electron chi connectivity index (χ0n) is 11.8. The van der Waals surface area contributed by atoms with Gasteiger partial charge < -0.3 is 14.6 Å². The first kappa shape index (κ1) is 16.6. The first-order valence-electron chi connectivity index (χ1n) is 6.61. The molecule has 1 heterocycles. The summed E-state index contributed by atoms with van der Waals surface area (Å²) in [5.74, 6) is -0.878. The summed E-state index contributed by atoms with van der Waals surface area (Å²) >= 11 is 0. The zero-order chi connectivity index (χ0) is 16.9. The number of carbonyl (C=O) groups excluding carboxylic acids is 1. The number of rotatable bonds is 5. The van der Waals surface area contributed by atoms with E-state index in [0.29, 0.717) is 0 Å². The highest BCUT2D eigenvalue weighted by molar-refractivity contribution is 5.75. The minimum atomic E-state index is -4.81. The molecule has 0 aliphatic carbocycles. The molecule has 0 fully saturated rings. The first-order chi connectivity index (χ1) is 10.8. The Labute approximate surface area is 129 Å². The maximum absolute atomic E-state index is 12.3. The van der Waals surface area contributed by atoms with Crippen molar-refractivity contribution >= 4 is 5.91 Å². The lowest BCUT2D eigenvalue weighted by Crippen LogP contribution is -2.31. The number of amides is 1. The molecule has 2 rings (SSSR count). The van der Waals surface area contributed by atoms with Crippen LogP contribution in [0.3, 0.4) is 0 Å². The van der Waals surface area contributed by atoms with Gasteiger partial charge in [0.15, 0.2) is 0 Å². The molecule has 122 valence electrons. The Kier molecular flexibility index (Phi) is 5.05. The van der Waals surface area contributed by atoms with Crippen LogP contribution in [0.4, 0.5) is 13.2 Å². The molecule has 23 heavy (non-hydrogen) atoms. The summed E-state index contributed by atoms with van der Waals surface area (Å²) in [4.78, 5) is 23.3. The van der Waals surface area contributed by atoms with Crippen molar-refractivity contribution in [3.63, 3.8) is 0 Å². The normalized spacial score (nSPS) is 11.1. The third-order valence-corrected chi connectivity index (χ3v) is 2.89. The average molecular weight is 326 g/mol. The van der Waals surface area contributed by atoms with Gasteiger partial charge in [0.25, 0.3) is 5.56 Å². The van der Waals surface area contributed by atoms with Crippen LogP contribution >= 0.6 is 0 Å². The molecule has 0 spiro atoms. The van der Waals surface area contributed by atoms with Crippen LogP contribution in [0.1, 0.15) is 5.56 Å². The number of carbonyl (C=O) groups is 1. The van der Waals surface area contributed by atoms with Crippen LogP contribution in [0, 0.1) is 0 Å². The molecule has 1 aromatic heterocycles. The van der Waals surface area contributed by atoms with Crippen LogP contribution in [0.2, 0.25) is 0 Å². The monoisotopic (exact) mass is 326 g/mol. The Morgan fingerprint density at radius 2 is 1.83 bits per heavy atom. The number of hydrogen-bond donors (Lipinski definition) is 1. The predicted molar refractivity (Wildman–Crippen MR) is 75.7 cm³/mol. The van der Waals surface area contributed by atoms with Gasteiger partial charge in [-0.2, -0.15) is 0 Å². The summed E-state index contributed by atoms with van der Waals surface area (Å²) in [6.07, 6.45) is -3.36. The number of para-hydroxylation sites is 1. The Morgan fingerprint density at radius 3 is 2.52 bits per heavy atom. The third-order valence-electron chi connectivity index (χ3n) is 2.89. The second-order valence-electron chi connectivity index (χ2n) is 4.60. The smallest absolute Gasteiger partial charge is 0.405 e. The molecule has 5 nitrogen and oxygen atoms in total. The molecule has 0 saturated carbocycles. The fourth-order valence-corrected chi connectivity index (χ4v) is 1.87. The molecule has 0 atom stereocenters. The molecular weight excluding hydrogens is 313 g/mol. The molecule has 8 heteroatoms. The number of ether oxygens (including phenoxy) is 1.